The molecule has 1 aromatic heterocycles. The number of likely N-dealkylation sites (tertiary alicyclic amines) is 3. The number of halogens is 2. The summed E-state index contributed by atoms with van der Waals surface area (Å²) < 4.78 is 17.5. The number of rotatable bonds is 12. The van der Waals surface area contributed by atoms with Crippen LogP contribution < -0.4 is 14.4 Å². The van der Waals surface area contributed by atoms with Crippen LogP contribution in [0.2, 0.25) is 5.02 Å². The van der Waals surface area contributed by atoms with Gasteiger partial charge in [0.1, 0.15) is 30.6 Å². The number of amides is 1. The summed E-state index contributed by atoms with van der Waals surface area (Å²) in [5.41, 5.74) is 2.79. The van der Waals surface area contributed by atoms with Gasteiger partial charge in [-0.2, -0.15) is 5.26 Å². The average Bonchev–Trinajstić information content (AvgIpc) is 3.26. The predicted octanol–water partition coefficient (Wildman–Crippen LogP) is 9.32. The molecule has 1 spiro atoms. The second-order valence-corrected chi connectivity index (χ2v) is 20.0. The number of alkyl halides is 1. The fraction of sp³-hybridized carbons (Fsp3) is 0.625. The van der Waals surface area contributed by atoms with Crippen molar-refractivity contribution >= 4 is 35.2 Å². The van der Waals surface area contributed by atoms with Gasteiger partial charge in [-0.1, -0.05) is 37.6 Å². The zero-order valence-electron chi connectivity index (χ0n) is 36.9. The van der Waals surface area contributed by atoms with Crippen molar-refractivity contribution in [3.63, 3.8) is 0 Å². The fourth-order valence-electron chi connectivity index (χ4n) is 9.74. The average molecular weight is 875 g/mol. The van der Waals surface area contributed by atoms with Crippen molar-refractivity contribution in [1.29, 1.82) is 5.26 Å². The van der Waals surface area contributed by atoms with Crippen LogP contribution in [0.1, 0.15) is 108 Å². The summed E-state index contributed by atoms with van der Waals surface area (Å²) in [5.74, 6) is 2.90. The second kappa shape index (κ2) is 19.7. The molecular weight excluding hydrogens is 809 g/mol. The quantitative estimate of drug-likeness (QED) is 0.164. The summed E-state index contributed by atoms with van der Waals surface area (Å²) >= 11 is 12.4. The smallest absolute Gasteiger partial charge is 0.410 e. The number of nitriles is 1. The molecule has 5 heterocycles. The van der Waals surface area contributed by atoms with E-state index < -0.39 is 11.0 Å². The molecule has 2 aromatic carbocycles. The lowest BCUT2D eigenvalue weighted by atomic mass is 9.71. The third-order valence-electron chi connectivity index (χ3n) is 13.7. The van der Waals surface area contributed by atoms with Gasteiger partial charge in [-0.05, 0) is 151 Å². The molecule has 0 atom stereocenters. The Kier molecular flexibility index (Phi) is 14.6. The fourth-order valence-corrected chi connectivity index (χ4v) is 10.1. The number of hydrogen-bond donors (Lipinski definition) is 0. The van der Waals surface area contributed by atoms with E-state index in [0.29, 0.717) is 46.2 Å². The van der Waals surface area contributed by atoms with Crippen LogP contribution in [0.4, 0.5) is 10.7 Å². The summed E-state index contributed by atoms with van der Waals surface area (Å²) in [6, 6.07) is 16.6. The standard InChI is InChI=1S/C48H65Cl2N7O4/c1-46(2,3)61-45(58)57-23-11-35(12-24-57)33-54-21-13-40(14-22-54)55-25-15-48(16-26-55)17-27-56(28-18-48)44-52-20-10-39(53-44)34-60-41-8-6-37(7-9-41)47(4,5)38-30-36(32-51)43(42(50)31-38)59-29-19-49/h6-10,20,30-31,35,40H,11-19,21-29,33-34H2,1-5H3. The van der Waals surface area contributed by atoms with Gasteiger partial charge in [0, 0.05) is 50.4 Å². The van der Waals surface area contributed by atoms with E-state index in [-0.39, 0.29) is 12.7 Å². The molecule has 0 saturated carbocycles. The van der Waals surface area contributed by atoms with Gasteiger partial charge in [0.2, 0.25) is 5.95 Å². The van der Waals surface area contributed by atoms with E-state index in [1.54, 1.807) is 0 Å². The minimum atomic E-state index is -0.440. The van der Waals surface area contributed by atoms with E-state index in [4.69, 9.17) is 42.4 Å². The zero-order chi connectivity index (χ0) is 43.2. The summed E-state index contributed by atoms with van der Waals surface area (Å²) in [6.45, 7) is 20.2. The van der Waals surface area contributed by atoms with Crippen molar-refractivity contribution in [1.82, 2.24) is 24.7 Å². The highest BCUT2D eigenvalue weighted by Gasteiger charge is 2.40. The van der Waals surface area contributed by atoms with E-state index in [1.165, 1.54) is 64.7 Å². The molecular formula is C48H65Cl2N7O4. The number of anilines is 1. The van der Waals surface area contributed by atoms with Gasteiger partial charge in [0.05, 0.1) is 22.2 Å². The molecule has 0 N–H and O–H groups in total. The lowest BCUT2D eigenvalue weighted by Gasteiger charge is -2.49. The Labute approximate surface area is 373 Å². The van der Waals surface area contributed by atoms with E-state index in [0.717, 1.165) is 74.1 Å². The molecule has 4 saturated heterocycles. The number of piperidine rings is 4. The maximum absolute atomic E-state index is 12.5. The third kappa shape index (κ3) is 11.4. The molecule has 330 valence electrons. The van der Waals surface area contributed by atoms with E-state index in [1.807, 2.05) is 62.2 Å². The summed E-state index contributed by atoms with van der Waals surface area (Å²) in [5, 5.41) is 10.2. The number of carbonyl (C=O) groups is 1. The van der Waals surface area contributed by atoms with Crippen molar-refractivity contribution in [2.75, 3.05) is 76.3 Å². The maximum atomic E-state index is 12.5. The molecule has 61 heavy (non-hydrogen) atoms. The Bertz CT molecular complexity index is 1970. The van der Waals surface area contributed by atoms with Gasteiger partial charge in [0.25, 0.3) is 0 Å². The Hall–Kier alpha value is -3.82. The van der Waals surface area contributed by atoms with Crippen LogP contribution in [-0.2, 0) is 16.8 Å². The zero-order valence-corrected chi connectivity index (χ0v) is 38.4. The summed E-state index contributed by atoms with van der Waals surface area (Å²) in [7, 11) is 0. The van der Waals surface area contributed by atoms with Crippen LogP contribution >= 0.6 is 23.2 Å². The minimum Gasteiger partial charge on any atom is -0.489 e. The van der Waals surface area contributed by atoms with Gasteiger partial charge < -0.3 is 33.8 Å². The molecule has 11 nitrogen and oxygen atoms in total. The normalized spacial score (nSPS) is 19.8. The van der Waals surface area contributed by atoms with Crippen LogP contribution in [-0.4, -0.2) is 114 Å². The molecule has 4 aliphatic rings. The number of benzene rings is 2. The Morgan fingerprint density at radius 2 is 1.54 bits per heavy atom. The molecule has 0 radical (unpaired) electrons. The van der Waals surface area contributed by atoms with Crippen LogP contribution in [0.15, 0.2) is 48.7 Å². The first-order valence-electron chi connectivity index (χ1n) is 22.4. The van der Waals surface area contributed by atoms with Crippen LogP contribution in [0.5, 0.6) is 11.5 Å². The lowest BCUT2D eigenvalue weighted by Crippen LogP contribution is -2.52. The van der Waals surface area contributed by atoms with Crippen LogP contribution in [0.25, 0.3) is 0 Å². The first-order chi connectivity index (χ1) is 29.2. The SMILES string of the molecule is CC(C)(C)OC(=O)N1CCC(CN2CCC(N3CCC4(CCN(c5nccc(COc6ccc(C(C)(C)c7cc(Cl)c(OCCCl)c(C#N)c7)cc6)n5)CC4)CC3)CC2)CC1. The van der Waals surface area contributed by atoms with Crippen LogP contribution in [0.3, 0.4) is 0 Å². The molecule has 4 fully saturated rings. The van der Waals surface area contributed by atoms with Crippen molar-refractivity contribution < 1.29 is 19.0 Å². The second-order valence-electron chi connectivity index (χ2n) is 19.2. The third-order valence-corrected chi connectivity index (χ3v) is 14.1. The Balaban J connectivity index is 0.828. The monoisotopic (exact) mass is 873 g/mol. The van der Waals surface area contributed by atoms with Crippen molar-refractivity contribution in [2.24, 2.45) is 11.3 Å². The maximum Gasteiger partial charge on any atom is 0.410 e. The number of hydrogen-bond acceptors (Lipinski definition) is 10. The molecule has 4 aliphatic heterocycles. The van der Waals surface area contributed by atoms with Crippen molar-refractivity contribution in [2.45, 2.75) is 110 Å². The van der Waals surface area contributed by atoms with E-state index in [2.05, 4.69) is 51.7 Å². The van der Waals surface area contributed by atoms with Gasteiger partial charge in [-0.15, -0.1) is 11.6 Å². The molecule has 3 aromatic rings. The first kappa shape index (κ1) is 45.2. The number of nitrogens with zero attached hydrogens (tertiary/aromatic N) is 7. The molecule has 0 bridgehead atoms. The highest BCUT2D eigenvalue weighted by Crippen LogP contribution is 2.43. The molecule has 13 heteroatoms. The molecule has 0 aliphatic carbocycles. The largest absolute Gasteiger partial charge is 0.489 e. The molecule has 7 rings (SSSR count). The molecule has 0 unspecified atom stereocenters. The number of aromatic nitrogens is 2. The predicted molar refractivity (Wildman–Crippen MR) is 242 cm³/mol. The van der Waals surface area contributed by atoms with Crippen molar-refractivity contribution in [3.05, 3.63) is 76.1 Å². The first-order valence-corrected chi connectivity index (χ1v) is 23.3. The lowest BCUT2D eigenvalue weighted by molar-refractivity contribution is 0.0133. The molecule has 1 amide bonds. The number of carbonyl (C=O) groups excluding carboxylic acids is 1. The Morgan fingerprint density at radius 1 is 0.869 bits per heavy atom. The van der Waals surface area contributed by atoms with Gasteiger partial charge in [-0.25, -0.2) is 14.8 Å². The van der Waals surface area contributed by atoms with Crippen LogP contribution in [0, 0.1) is 22.7 Å². The topological polar surface area (TPSA) is 107 Å². The minimum absolute atomic E-state index is 0.164. The van der Waals surface area contributed by atoms with Gasteiger partial charge >= 0.3 is 6.09 Å². The highest BCUT2D eigenvalue weighted by atomic mass is 35.5. The van der Waals surface area contributed by atoms with Gasteiger partial charge in [-0.3, -0.25) is 0 Å². The summed E-state index contributed by atoms with van der Waals surface area (Å²) in [4.78, 5) is 31.8. The summed E-state index contributed by atoms with van der Waals surface area (Å²) in [6.07, 6.45) is 11.3. The Morgan fingerprint density at radius 3 is 2.18 bits per heavy atom. The van der Waals surface area contributed by atoms with E-state index >= 15 is 0 Å². The van der Waals surface area contributed by atoms with E-state index in [9.17, 15) is 10.1 Å². The van der Waals surface area contributed by atoms with Gasteiger partial charge in [0.15, 0.2) is 5.75 Å². The number of ether oxygens (including phenoxy) is 3. The van der Waals surface area contributed by atoms with Crippen molar-refractivity contribution in [3.8, 4) is 17.6 Å². The highest BCUT2D eigenvalue weighted by molar-refractivity contribution is 6.32.